The molecule has 0 amide bonds. The first-order valence-corrected chi connectivity index (χ1v) is 4.73. The normalized spacial score (nSPS) is 9.93. The van der Waals surface area contributed by atoms with Gasteiger partial charge in [-0.2, -0.15) is 0 Å². The molecule has 0 saturated heterocycles. The van der Waals surface area contributed by atoms with Gasteiger partial charge in [-0.25, -0.2) is 0 Å². The van der Waals surface area contributed by atoms with Gasteiger partial charge in [0.25, 0.3) is 0 Å². The van der Waals surface area contributed by atoms with Crippen LogP contribution in [0.1, 0.15) is 11.3 Å². The standard InChI is InChI=1S/C13H11NO/c1-11-13(8-5-9-14-11)15-10-12-6-3-2-4-7-12/h1-9H,10H2. The molecule has 15 heavy (non-hydrogen) atoms. The van der Waals surface area contributed by atoms with Gasteiger partial charge in [-0.3, -0.25) is 4.98 Å². The predicted octanol–water partition coefficient (Wildman–Crippen LogP) is 2.72. The summed E-state index contributed by atoms with van der Waals surface area (Å²) in [4.78, 5) is 3.94. The van der Waals surface area contributed by atoms with Crippen LogP contribution in [0.15, 0.2) is 48.7 Å². The number of ether oxygens (including phenoxy) is 1. The summed E-state index contributed by atoms with van der Waals surface area (Å²) in [7, 11) is 0. The van der Waals surface area contributed by atoms with E-state index in [2.05, 4.69) is 4.98 Å². The second-order valence-electron chi connectivity index (χ2n) is 3.16. The number of benzene rings is 1. The molecule has 2 aromatic rings. The van der Waals surface area contributed by atoms with Crippen molar-refractivity contribution < 1.29 is 4.74 Å². The van der Waals surface area contributed by atoms with E-state index in [1.807, 2.05) is 36.4 Å². The molecule has 0 aliphatic heterocycles. The zero-order valence-electron chi connectivity index (χ0n) is 8.26. The van der Waals surface area contributed by atoms with E-state index >= 15 is 0 Å². The summed E-state index contributed by atoms with van der Waals surface area (Å²) >= 11 is 0. The first-order chi connectivity index (χ1) is 7.36. The van der Waals surface area contributed by atoms with E-state index in [9.17, 15) is 0 Å². The van der Waals surface area contributed by atoms with E-state index in [0.717, 1.165) is 5.56 Å². The van der Waals surface area contributed by atoms with E-state index in [0.29, 0.717) is 18.1 Å². The SMILES string of the molecule is [CH]c1ncccc1OCc1ccccc1. The number of hydrogen-bond acceptors (Lipinski definition) is 2. The summed E-state index contributed by atoms with van der Waals surface area (Å²) in [6.45, 7) is 6.16. The Labute approximate surface area is 89.6 Å². The first kappa shape index (κ1) is 9.71. The molecule has 0 spiro atoms. The maximum Gasteiger partial charge on any atom is 0.141 e. The highest BCUT2D eigenvalue weighted by molar-refractivity contribution is 5.29. The van der Waals surface area contributed by atoms with Gasteiger partial charge in [0.2, 0.25) is 0 Å². The Balaban J connectivity index is 2.03. The molecule has 0 aliphatic carbocycles. The quantitative estimate of drug-likeness (QED) is 0.754. The molecular weight excluding hydrogens is 186 g/mol. The fourth-order valence-electron chi connectivity index (χ4n) is 1.26. The Morgan fingerprint density at radius 1 is 1.07 bits per heavy atom. The Hall–Kier alpha value is -1.83. The summed E-state index contributed by atoms with van der Waals surface area (Å²) < 4.78 is 5.54. The molecule has 1 heterocycles. The number of pyridine rings is 1. The Kier molecular flexibility index (Phi) is 2.98. The van der Waals surface area contributed by atoms with Gasteiger partial charge in [-0.15, -0.1) is 0 Å². The van der Waals surface area contributed by atoms with E-state index in [-0.39, 0.29) is 0 Å². The number of hydrogen-bond donors (Lipinski definition) is 0. The minimum absolute atomic E-state index is 0.424. The van der Waals surface area contributed by atoms with Crippen LogP contribution in [-0.4, -0.2) is 4.98 Å². The van der Waals surface area contributed by atoms with Gasteiger partial charge in [0.1, 0.15) is 12.4 Å². The zero-order valence-corrected chi connectivity index (χ0v) is 8.26. The van der Waals surface area contributed by atoms with E-state index in [4.69, 9.17) is 11.7 Å². The third-order valence-corrected chi connectivity index (χ3v) is 2.04. The van der Waals surface area contributed by atoms with Crippen molar-refractivity contribution in [3.05, 3.63) is 66.8 Å². The van der Waals surface area contributed by atoms with Gasteiger partial charge in [0.15, 0.2) is 0 Å². The van der Waals surface area contributed by atoms with Crippen LogP contribution in [0, 0.1) is 6.92 Å². The molecule has 1 aromatic heterocycles. The molecule has 0 fully saturated rings. The molecule has 0 unspecified atom stereocenters. The topological polar surface area (TPSA) is 22.1 Å². The number of nitrogens with zero attached hydrogens (tertiary/aromatic N) is 1. The van der Waals surface area contributed by atoms with Crippen molar-refractivity contribution in [2.45, 2.75) is 6.61 Å². The fraction of sp³-hybridized carbons (Fsp3) is 0.0769. The first-order valence-electron chi connectivity index (χ1n) is 4.73. The van der Waals surface area contributed by atoms with E-state index < -0.39 is 0 Å². The third-order valence-electron chi connectivity index (χ3n) is 2.04. The molecule has 0 atom stereocenters. The lowest BCUT2D eigenvalue weighted by atomic mass is 10.2. The Morgan fingerprint density at radius 2 is 1.87 bits per heavy atom. The number of aromatic nitrogens is 1. The summed E-state index contributed by atoms with van der Waals surface area (Å²) in [6.07, 6.45) is 1.64. The van der Waals surface area contributed by atoms with Crippen molar-refractivity contribution in [3.8, 4) is 5.75 Å². The average molecular weight is 197 g/mol. The van der Waals surface area contributed by atoms with Crippen molar-refractivity contribution in [1.29, 1.82) is 0 Å². The number of rotatable bonds is 3. The summed E-state index contributed by atoms with van der Waals surface area (Å²) in [5.41, 5.74) is 1.54. The molecule has 0 N–H and O–H groups in total. The molecule has 0 aliphatic rings. The summed E-state index contributed by atoms with van der Waals surface area (Å²) in [5.74, 6) is 0.626. The maximum absolute atomic E-state index is 5.65. The molecule has 2 radical (unpaired) electrons. The van der Waals surface area contributed by atoms with Gasteiger partial charge in [-0.1, -0.05) is 30.3 Å². The molecule has 2 nitrogen and oxygen atoms in total. The highest BCUT2D eigenvalue weighted by atomic mass is 16.5. The highest BCUT2D eigenvalue weighted by Gasteiger charge is 1.99. The van der Waals surface area contributed by atoms with Crippen molar-refractivity contribution in [1.82, 2.24) is 4.98 Å². The molecular formula is C13H11NO. The van der Waals surface area contributed by atoms with Crippen LogP contribution < -0.4 is 4.74 Å². The fourth-order valence-corrected chi connectivity index (χ4v) is 1.26. The van der Waals surface area contributed by atoms with Crippen LogP contribution in [0.25, 0.3) is 0 Å². The van der Waals surface area contributed by atoms with Crippen molar-refractivity contribution >= 4 is 0 Å². The zero-order chi connectivity index (χ0) is 10.5. The minimum atomic E-state index is 0.424. The van der Waals surface area contributed by atoms with Crippen LogP contribution >= 0.6 is 0 Å². The molecule has 0 bridgehead atoms. The molecule has 1 aromatic carbocycles. The molecule has 0 saturated carbocycles. The van der Waals surface area contributed by atoms with Gasteiger partial charge in [0, 0.05) is 13.1 Å². The molecule has 74 valence electrons. The van der Waals surface area contributed by atoms with Gasteiger partial charge in [0.05, 0.1) is 5.69 Å². The van der Waals surface area contributed by atoms with Crippen molar-refractivity contribution in [3.63, 3.8) is 0 Å². The second-order valence-corrected chi connectivity index (χ2v) is 3.16. The van der Waals surface area contributed by atoms with Crippen molar-refractivity contribution in [2.24, 2.45) is 0 Å². The monoisotopic (exact) mass is 197 g/mol. The highest BCUT2D eigenvalue weighted by Crippen LogP contribution is 2.15. The maximum atomic E-state index is 5.65. The largest absolute Gasteiger partial charge is 0.487 e. The lowest BCUT2D eigenvalue weighted by Gasteiger charge is -2.07. The Morgan fingerprint density at radius 3 is 2.60 bits per heavy atom. The van der Waals surface area contributed by atoms with E-state index in [1.54, 1.807) is 12.3 Å². The summed E-state index contributed by atoms with van der Waals surface area (Å²) in [6, 6.07) is 13.6. The molecule has 2 rings (SSSR count). The predicted molar refractivity (Wildman–Crippen MR) is 58.4 cm³/mol. The minimum Gasteiger partial charge on any atom is -0.487 e. The summed E-state index contributed by atoms with van der Waals surface area (Å²) in [5, 5.41) is 0. The van der Waals surface area contributed by atoms with Crippen LogP contribution in [0.2, 0.25) is 0 Å². The Bertz CT molecular complexity index is 426. The van der Waals surface area contributed by atoms with Gasteiger partial charge in [-0.05, 0) is 17.7 Å². The molecule has 2 heteroatoms. The lowest BCUT2D eigenvalue weighted by molar-refractivity contribution is 0.303. The van der Waals surface area contributed by atoms with Crippen LogP contribution in [-0.2, 0) is 6.61 Å². The lowest BCUT2D eigenvalue weighted by Crippen LogP contribution is -1.97. The van der Waals surface area contributed by atoms with Crippen LogP contribution in [0.5, 0.6) is 5.75 Å². The smallest absolute Gasteiger partial charge is 0.141 e. The van der Waals surface area contributed by atoms with Crippen molar-refractivity contribution in [2.75, 3.05) is 0 Å². The average Bonchev–Trinajstić information content (AvgIpc) is 2.29. The van der Waals surface area contributed by atoms with E-state index in [1.165, 1.54) is 0 Å². The van der Waals surface area contributed by atoms with Gasteiger partial charge < -0.3 is 4.74 Å². The second kappa shape index (κ2) is 4.60. The van der Waals surface area contributed by atoms with Gasteiger partial charge >= 0.3 is 0 Å². The van der Waals surface area contributed by atoms with Crippen LogP contribution in [0.4, 0.5) is 0 Å². The third kappa shape index (κ3) is 2.56. The van der Waals surface area contributed by atoms with Crippen LogP contribution in [0.3, 0.4) is 0 Å².